The zero-order valence-corrected chi connectivity index (χ0v) is 22.1. The molecule has 0 aromatic heterocycles. The quantitative estimate of drug-likeness (QED) is 0.0815. The van der Waals surface area contributed by atoms with E-state index in [-0.39, 0.29) is 0 Å². The molecule has 198 valence electrons. The van der Waals surface area contributed by atoms with Gasteiger partial charge in [-0.2, -0.15) is 5.10 Å². The zero-order valence-electron chi connectivity index (χ0n) is 20.5. The maximum atomic E-state index is 12.8. The molecule has 0 bridgehead atoms. The van der Waals surface area contributed by atoms with Crippen LogP contribution in [0.4, 0.5) is 0 Å². The molecule has 0 spiro atoms. The van der Waals surface area contributed by atoms with Gasteiger partial charge in [-0.1, -0.05) is 23.2 Å². The fourth-order valence-electron chi connectivity index (χ4n) is 3.14. The van der Waals surface area contributed by atoms with Crippen LogP contribution in [0.1, 0.15) is 15.9 Å². The van der Waals surface area contributed by atoms with Crippen molar-refractivity contribution in [3.63, 3.8) is 0 Å². The molecule has 0 heterocycles. The van der Waals surface area contributed by atoms with Crippen LogP contribution in [-0.2, 0) is 4.79 Å². The molecule has 0 aliphatic rings. The van der Waals surface area contributed by atoms with Crippen molar-refractivity contribution in [2.24, 2.45) is 5.10 Å². The van der Waals surface area contributed by atoms with Crippen LogP contribution in [0.25, 0.3) is 0 Å². The first-order chi connectivity index (χ1) is 18.9. The van der Waals surface area contributed by atoms with Gasteiger partial charge < -0.3 is 18.9 Å². The molecule has 4 aromatic rings. The van der Waals surface area contributed by atoms with Gasteiger partial charge in [0.25, 0.3) is 0 Å². The molecule has 1 N–H and O–H groups in total. The van der Waals surface area contributed by atoms with E-state index >= 15 is 0 Å². The number of benzene rings is 4. The Balaban J connectivity index is 1.36. The second kappa shape index (κ2) is 13.3. The minimum Gasteiger partial charge on any atom is -0.497 e. The first-order valence-electron chi connectivity index (χ1n) is 11.5. The smallest absolute Gasteiger partial charge is 0.343 e. The van der Waals surface area contributed by atoms with Crippen molar-refractivity contribution in [2.75, 3.05) is 7.11 Å². The third-order valence-electron chi connectivity index (χ3n) is 5.13. The van der Waals surface area contributed by atoms with Gasteiger partial charge in [0.15, 0.2) is 0 Å². The van der Waals surface area contributed by atoms with E-state index in [9.17, 15) is 9.59 Å². The summed E-state index contributed by atoms with van der Waals surface area (Å²) in [4.78, 5) is 25.2. The molecule has 0 fully saturated rings. The Hall–Kier alpha value is -4.53. The second-order valence-electron chi connectivity index (χ2n) is 7.90. The van der Waals surface area contributed by atoms with Crippen LogP contribution in [0.2, 0.25) is 10.0 Å². The summed E-state index contributed by atoms with van der Waals surface area (Å²) in [6.07, 6.45) is 0.0680. The van der Waals surface area contributed by atoms with Crippen molar-refractivity contribution < 1.29 is 28.5 Å². The van der Waals surface area contributed by atoms with E-state index in [0.717, 1.165) is 0 Å². The highest BCUT2D eigenvalue weighted by molar-refractivity contribution is 6.30. The molecule has 0 saturated carbocycles. The highest BCUT2D eigenvalue weighted by Crippen LogP contribution is 2.21. The van der Waals surface area contributed by atoms with Crippen LogP contribution < -0.4 is 24.4 Å². The van der Waals surface area contributed by atoms with Crippen LogP contribution in [0, 0.1) is 0 Å². The van der Waals surface area contributed by atoms with Crippen molar-refractivity contribution in [3.05, 3.63) is 118 Å². The summed E-state index contributed by atoms with van der Waals surface area (Å²) in [7, 11) is 1.55. The number of halogens is 2. The standard InChI is InChI=1S/C29H22Cl2N2O6/c1-36-23-12-4-20(5-13-23)28(35)37-24-10-2-19(3-11-24)18-32-33-27(34)29(38-25-14-6-21(30)7-15-25)39-26-16-8-22(31)9-17-26/h2-18,29H,1H3,(H,33,34). The first kappa shape index (κ1) is 27.5. The van der Waals surface area contributed by atoms with E-state index in [1.54, 1.807) is 104 Å². The van der Waals surface area contributed by atoms with Gasteiger partial charge in [-0.3, -0.25) is 4.79 Å². The maximum Gasteiger partial charge on any atom is 0.343 e. The number of carbonyl (C=O) groups excluding carboxylic acids is 2. The molecule has 0 atom stereocenters. The van der Waals surface area contributed by atoms with Crippen LogP contribution in [0.15, 0.2) is 102 Å². The summed E-state index contributed by atoms with van der Waals surface area (Å²) in [5.74, 6) is 0.584. The average molecular weight is 565 g/mol. The summed E-state index contributed by atoms with van der Waals surface area (Å²) in [6.45, 7) is 0. The van der Waals surface area contributed by atoms with Crippen LogP contribution in [-0.4, -0.2) is 31.5 Å². The summed E-state index contributed by atoms with van der Waals surface area (Å²) in [5, 5.41) is 5.02. The number of hydrogen-bond acceptors (Lipinski definition) is 7. The van der Waals surface area contributed by atoms with Gasteiger partial charge in [0.1, 0.15) is 23.0 Å². The normalized spacial score (nSPS) is 10.8. The Morgan fingerprint density at radius 2 is 1.21 bits per heavy atom. The van der Waals surface area contributed by atoms with Crippen molar-refractivity contribution in [2.45, 2.75) is 6.29 Å². The molecule has 1 amide bonds. The number of nitrogens with zero attached hydrogens (tertiary/aromatic N) is 1. The molecule has 0 unspecified atom stereocenters. The Morgan fingerprint density at radius 3 is 1.72 bits per heavy atom. The minimum absolute atomic E-state index is 0.352. The fraction of sp³-hybridized carbons (Fsp3) is 0.0690. The number of methoxy groups -OCH3 is 1. The number of rotatable bonds is 10. The van der Waals surface area contributed by atoms with Crippen molar-refractivity contribution >= 4 is 41.3 Å². The van der Waals surface area contributed by atoms with E-state index < -0.39 is 18.2 Å². The van der Waals surface area contributed by atoms with E-state index in [1.807, 2.05) is 0 Å². The van der Waals surface area contributed by atoms with Crippen molar-refractivity contribution in [1.82, 2.24) is 5.43 Å². The van der Waals surface area contributed by atoms with Gasteiger partial charge in [0, 0.05) is 10.0 Å². The first-order valence-corrected chi connectivity index (χ1v) is 12.3. The molecule has 8 nitrogen and oxygen atoms in total. The van der Waals surface area contributed by atoms with E-state index in [2.05, 4.69) is 10.5 Å². The van der Waals surface area contributed by atoms with E-state index in [0.29, 0.717) is 44.2 Å². The molecule has 39 heavy (non-hydrogen) atoms. The van der Waals surface area contributed by atoms with E-state index in [1.165, 1.54) is 6.21 Å². The van der Waals surface area contributed by atoms with Gasteiger partial charge in [-0.25, -0.2) is 10.2 Å². The van der Waals surface area contributed by atoms with Crippen LogP contribution in [0.5, 0.6) is 23.0 Å². The Kier molecular flexibility index (Phi) is 9.39. The molecule has 0 saturated heterocycles. The fourth-order valence-corrected chi connectivity index (χ4v) is 3.39. The summed E-state index contributed by atoms with van der Waals surface area (Å²) in [6, 6.07) is 26.1. The number of hydrazone groups is 1. The average Bonchev–Trinajstić information content (AvgIpc) is 2.96. The number of amides is 1. The van der Waals surface area contributed by atoms with Gasteiger partial charge in [0.2, 0.25) is 0 Å². The van der Waals surface area contributed by atoms with Gasteiger partial charge in [0.05, 0.1) is 18.9 Å². The Morgan fingerprint density at radius 1 is 0.718 bits per heavy atom. The number of esters is 1. The van der Waals surface area contributed by atoms with E-state index in [4.69, 9.17) is 42.1 Å². The minimum atomic E-state index is -1.36. The summed E-state index contributed by atoms with van der Waals surface area (Å²) < 4.78 is 21.9. The molecule has 0 aliphatic heterocycles. The third-order valence-corrected chi connectivity index (χ3v) is 5.64. The lowest BCUT2D eigenvalue weighted by Crippen LogP contribution is -2.40. The van der Waals surface area contributed by atoms with Gasteiger partial charge in [-0.05, 0) is 103 Å². The number of hydrogen-bond donors (Lipinski definition) is 1. The molecular formula is C29H22Cl2N2O6. The van der Waals surface area contributed by atoms with Crippen LogP contribution in [0.3, 0.4) is 0 Å². The predicted molar refractivity (Wildman–Crippen MR) is 148 cm³/mol. The molecule has 0 radical (unpaired) electrons. The largest absolute Gasteiger partial charge is 0.497 e. The topological polar surface area (TPSA) is 95.5 Å². The SMILES string of the molecule is COc1ccc(C(=O)Oc2ccc(C=NNC(=O)C(Oc3ccc(Cl)cc3)Oc3ccc(Cl)cc3)cc2)cc1. The van der Waals surface area contributed by atoms with Crippen molar-refractivity contribution in [3.8, 4) is 23.0 Å². The number of ether oxygens (including phenoxy) is 4. The Bertz CT molecular complexity index is 1380. The summed E-state index contributed by atoms with van der Waals surface area (Å²) in [5.41, 5.74) is 3.44. The van der Waals surface area contributed by atoms with Crippen molar-refractivity contribution in [1.29, 1.82) is 0 Å². The molecule has 4 rings (SSSR count). The van der Waals surface area contributed by atoms with Gasteiger partial charge >= 0.3 is 18.2 Å². The number of nitrogens with one attached hydrogen (secondary N) is 1. The molecule has 4 aromatic carbocycles. The van der Waals surface area contributed by atoms with Gasteiger partial charge in [-0.15, -0.1) is 0 Å². The number of carbonyl (C=O) groups is 2. The predicted octanol–water partition coefficient (Wildman–Crippen LogP) is 6.16. The lowest BCUT2D eigenvalue weighted by molar-refractivity contribution is -0.140. The lowest BCUT2D eigenvalue weighted by Gasteiger charge is -2.19. The zero-order chi connectivity index (χ0) is 27.6. The second-order valence-corrected chi connectivity index (χ2v) is 8.77. The molecule has 10 heteroatoms. The highest BCUT2D eigenvalue weighted by atomic mass is 35.5. The molecular weight excluding hydrogens is 543 g/mol. The van der Waals surface area contributed by atoms with Crippen LogP contribution >= 0.6 is 23.2 Å². The lowest BCUT2D eigenvalue weighted by atomic mass is 10.2. The maximum absolute atomic E-state index is 12.8. The highest BCUT2D eigenvalue weighted by Gasteiger charge is 2.22. The summed E-state index contributed by atoms with van der Waals surface area (Å²) >= 11 is 11.9. The third kappa shape index (κ3) is 8.23. The monoisotopic (exact) mass is 564 g/mol. The Labute approximate surface area is 234 Å². The molecule has 0 aliphatic carbocycles.